The number of carboxylic acid groups (broad SMARTS) is 1. The summed E-state index contributed by atoms with van der Waals surface area (Å²) in [6.45, 7) is 6.67. The lowest BCUT2D eigenvalue weighted by atomic mass is 9.82. The van der Waals surface area contributed by atoms with E-state index in [1.54, 1.807) is 6.07 Å². The lowest BCUT2D eigenvalue weighted by Gasteiger charge is -2.38. The normalized spacial score (nSPS) is 17.1. The smallest absolute Gasteiger partial charge is 0.404 e. The van der Waals surface area contributed by atoms with Crippen molar-refractivity contribution < 1.29 is 9.90 Å². The van der Waals surface area contributed by atoms with E-state index < -0.39 is 6.09 Å². The summed E-state index contributed by atoms with van der Waals surface area (Å²) in [5.74, 6) is 0. The van der Waals surface area contributed by atoms with Crippen LogP contribution < -0.4 is 10.2 Å². The van der Waals surface area contributed by atoms with Crippen molar-refractivity contribution in [3.63, 3.8) is 0 Å². The van der Waals surface area contributed by atoms with Crippen molar-refractivity contribution >= 4 is 11.8 Å². The second kappa shape index (κ2) is 6.04. The molecule has 0 radical (unpaired) electrons. The quantitative estimate of drug-likeness (QED) is 0.896. The predicted octanol–water partition coefficient (Wildman–Crippen LogP) is 2.95. The van der Waals surface area contributed by atoms with Crippen LogP contribution in [0.15, 0.2) is 18.2 Å². The van der Waals surface area contributed by atoms with Gasteiger partial charge in [0.05, 0.1) is 11.3 Å². The fourth-order valence-corrected chi connectivity index (χ4v) is 2.59. The van der Waals surface area contributed by atoms with E-state index in [9.17, 15) is 10.1 Å². The molecule has 0 aliphatic carbocycles. The summed E-state index contributed by atoms with van der Waals surface area (Å²) >= 11 is 0. The van der Waals surface area contributed by atoms with Crippen LogP contribution >= 0.6 is 0 Å². The molecule has 0 unspecified atom stereocenters. The Bertz CT molecular complexity index is 565. The first kappa shape index (κ1) is 15.2. The molecule has 21 heavy (non-hydrogen) atoms. The predicted molar refractivity (Wildman–Crippen MR) is 81.2 cm³/mol. The van der Waals surface area contributed by atoms with Gasteiger partial charge < -0.3 is 15.3 Å². The van der Waals surface area contributed by atoms with Crippen LogP contribution in [0.4, 0.5) is 10.5 Å². The largest absolute Gasteiger partial charge is 0.465 e. The Balaban J connectivity index is 2.14. The zero-order chi connectivity index (χ0) is 15.5. The van der Waals surface area contributed by atoms with Crippen molar-refractivity contribution in [2.75, 3.05) is 18.0 Å². The third kappa shape index (κ3) is 3.88. The summed E-state index contributed by atoms with van der Waals surface area (Å²) in [5.41, 5.74) is 2.73. The number of benzene rings is 1. The van der Waals surface area contributed by atoms with E-state index in [1.807, 2.05) is 12.1 Å². The highest BCUT2D eigenvalue weighted by molar-refractivity contribution is 5.65. The fourth-order valence-electron chi connectivity index (χ4n) is 2.59. The summed E-state index contributed by atoms with van der Waals surface area (Å²) < 4.78 is 0. The van der Waals surface area contributed by atoms with Gasteiger partial charge >= 0.3 is 6.09 Å². The van der Waals surface area contributed by atoms with Crippen molar-refractivity contribution in [1.82, 2.24) is 5.32 Å². The zero-order valence-corrected chi connectivity index (χ0v) is 12.5. The van der Waals surface area contributed by atoms with Crippen LogP contribution in [-0.2, 0) is 6.54 Å². The van der Waals surface area contributed by atoms with Crippen LogP contribution in [0.2, 0.25) is 0 Å². The number of nitrogens with zero attached hydrogens (tertiary/aromatic N) is 2. The average Bonchev–Trinajstić information content (AvgIpc) is 2.45. The van der Waals surface area contributed by atoms with Crippen molar-refractivity contribution in [1.29, 1.82) is 5.26 Å². The second-order valence-electron chi connectivity index (χ2n) is 6.27. The third-order valence-electron chi connectivity index (χ3n) is 4.08. The monoisotopic (exact) mass is 287 g/mol. The Hall–Kier alpha value is -2.22. The van der Waals surface area contributed by atoms with E-state index in [2.05, 4.69) is 30.1 Å². The first-order valence-electron chi connectivity index (χ1n) is 7.16. The summed E-state index contributed by atoms with van der Waals surface area (Å²) in [4.78, 5) is 12.8. The molecule has 5 nitrogen and oxygen atoms in total. The van der Waals surface area contributed by atoms with E-state index in [0.717, 1.165) is 37.2 Å². The fraction of sp³-hybridized carbons (Fsp3) is 0.500. The van der Waals surface area contributed by atoms with Crippen LogP contribution in [-0.4, -0.2) is 24.3 Å². The third-order valence-corrected chi connectivity index (χ3v) is 4.08. The minimum absolute atomic E-state index is 0.220. The molecule has 1 aromatic carbocycles. The molecular weight excluding hydrogens is 266 g/mol. The molecule has 0 spiro atoms. The van der Waals surface area contributed by atoms with Crippen molar-refractivity contribution in [2.45, 2.75) is 33.2 Å². The number of piperidine rings is 1. The maximum absolute atomic E-state index is 10.5. The van der Waals surface area contributed by atoms with Gasteiger partial charge in [-0.1, -0.05) is 19.9 Å². The summed E-state index contributed by atoms with van der Waals surface area (Å²) in [6.07, 6.45) is 1.16. The van der Waals surface area contributed by atoms with Crippen LogP contribution in [0, 0.1) is 16.7 Å². The van der Waals surface area contributed by atoms with E-state index in [0.29, 0.717) is 11.0 Å². The topological polar surface area (TPSA) is 76.4 Å². The number of anilines is 1. The molecular formula is C16H21N3O2. The van der Waals surface area contributed by atoms with Crippen molar-refractivity contribution in [2.24, 2.45) is 5.41 Å². The van der Waals surface area contributed by atoms with Gasteiger partial charge in [-0.05, 0) is 36.0 Å². The van der Waals surface area contributed by atoms with Crippen LogP contribution in [0.3, 0.4) is 0 Å². The van der Waals surface area contributed by atoms with Gasteiger partial charge in [-0.15, -0.1) is 0 Å². The van der Waals surface area contributed by atoms with E-state index >= 15 is 0 Å². The lowest BCUT2D eigenvalue weighted by molar-refractivity contribution is 0.194. The van der Waals surface area contributed by atoms with Crippen LogP contribution in [0.1, 0.15) is 37.8 Å². The number of nitriles is 1. The van der Waals surface area contributed by atoms with Crippen LogP contribution in [0.5, 0.6) is 0 Å². The summed E-state index contributed by atoms with van der Waals surface area (Å²) in [5, 5.41) is 20.3. The van der Waals surface area contributed by atoms with Gasteiger partial charge in [0.1, 0.15) is 6.07 Å². The van der Waals surface area contributed by atoms with E-state index in [1.165, 1.54) is 0 Å². The number of amides is 1. The van der Waals surface area contributed by atoms with Crippen LogP contribution in [0.25, 0.3) is 0 Å². The molecule has 1 heterocycles. The molecule has 1 aliphatic rings. The molecule has 1 aromatic rings. The first-order chi connectivity index (χ1) is 9.91. The zero-order valence-electron chi connectivity index (χ0n) is 12.5. The van der Waals surface area contributed by atoms with E-state index in [-0.39, 0.29) is 6.54 Å². The highest BCUT2D eigenvalue weighted by Gasteiger charge is 2.26. The standard InChI is InChI=1S/C16H21N3O2/c1-16(2)5-7-19(8-6-16)14-4-3-12(9-13(14)10-17)11-18-15(20)21/h3-4,9,18H,5-8,11H2,1-2H3,(H,20,21). The molecule has 112 valence electrons. The van der Waals surface area contributed by atoms with Crippen molar-refractivity contribution in [3.8, 4) is 6.07 Å². The van der Waals surface area contributed by atoms with Gasteiger partial charge in [-0.25, -0.2) is 4.79 Å². The minimum Gasteiger partial charge on any atom is -0.465 e. The molecule has 1 aliphatic heterocycles. The summed E-state index contributed by atoms with van der Waals surface area (Å²) in [6, 6.07) is 7.80. The maximum Gasteiger partial charge on any atom is 0.404 e. The molecule has 0 aromatic heterocycles. The SMILES string of the molecule is CC1(C)CCN(c2ccc(CNC(=O)O)cc2C#N)CC1. The molecule has 0 atom stereocenters. The number of rotatable bonds is 3. The van der Waals surface area contributed by atoms with Crippen molar-refractivity contribution in [3.05, 3.63) is 29.3 Å². The Labute approximate surface area is 125 Å². The van der Waals surface area contributed by atoms with Gasteiger partial charge in [-0.2, -0.15) is 5.26 Å². The Morgan fingerprint density at radius 2 is 2.10 bits per heavy atom. The molecule has 2 rings (SSSR count). The maximum atomic E-state index is 10.5. The first-order valence-corrected chi connectivity index (χ1v) is 7.16. The molecule has 5 heteroatoms. The Morgan fingerprint density at radius 1 is 1.43 bits per heavy atom. The highest BCUT2D eigenvalue weighted by atomic mass is 16.4. The second-order valence-corrected chi connectivity index (χ2v) is 6.27. The molecule has 0 saturated carbocycles. The highest BCUT2D eigenvalue weighted by Crippen LogP contribution is 2.33. The Kier molecular flexibility index (Phi) is 4.37. The van der Waals surface area contributed by atoms with Gasteiger partial charge in [0.25, 0.3) is 0 Å². The van der Waals surface area contributed by atoms with Gasteiger partial charge in [-0.3, -0.25) is 0 Å². The molecule has 1 amide bonds. The van der Waals surface area contributed by atoms with E-state index in [4.69, 9.17) is 5.11 Å². The number of hydrogen-bond acceptors (Lipinski definition) is 3. The van der Waals surface area contributed by atoms with Gasteiger partial charge in [0.2, 0.25) is 0 Å². The molecule has 1 saturated heterocycles. The molecule has 1 fully saturated rings. The van der Waals surface area contributed by atoms with Gasteiger partial charge in [0.15, 0.2) is 0 Å². The average molecular weight is 287 g/mol. The Morgan fingerprint density at radius 3 is 2.67 bits per heavy atom. The molecule has 0 bridgehead atoms. The minimum atomic E-state index is -1.06. The van der Waals surface area contributed by atoms with Gasteiger partial charge in [0, 0.05) is 19.6 Å². The summed E-state index contributed by atoms with van der Waals surface area (Å²) in [7, 11) is 0. The lowest BCUT2D eigenvalue weighted by Crippen LogP contribution is -2.37. The number of nitrogens with one attached hydrogen (secondary N) is 1. The number of carbonyl (C=O) groups is 1. The number of hydrogen-bond donors (Lipinski definition) is 2. The molecule has 2 N–H and O–H groups in total.